The third-order valence-corrected chi connectivity index (χ3v) is 4.25. The Labute approximate surface area is 130 Å². The molecule has 104 valence electrons. The van der Waals surface area contributed by atoms with Crippen LogP contribution in [0.5, 0.6) is 0 Å². The molecule has 21 heavy (non-hydrogen) atoms. The van der Waals surface area contributed by atoms with Crippen molar-refractivity contribution in [2.24, 2.45) is 0 Å². The van der Waals surface area contributed by atoms with Crippen LogP contribution in [0.15, 0.2) is 59.1 Å². The monoisotopic (exact) mass is 342 g/mol. The van der Waals surface area contributed by atoms with E-state index >= 15 is 0 Å². The Kier molecular flexibility index (Phi) is 3.60. The predicted molar refractivity (Wildman–Crippen MR) is 86.2 cm³/mol. The van der Waals surface area contributed by atoms with Gasteiger partial charge < -0.3 is 0 Å². The molecule has 0 aromatic heterocycles. The highest BCUT2D eigenvalue weighted by molar-refractivity contribution is 9.10. The van der Waals surface area contributed by atoms with E-state index in [4.69, 9.17) is 0 Å². The van der Waals surface area contributed by atoms with Gasteiger partial charge in [-0.25, -0.2) is 4.39 Å². The lowest BCUT2D eigenvalue weighted by Gasteiger charge is -2.09. The van der Waals surface area contributed by atoms with Crippen molar-refractivity contribution in [1.82, 2.24) is 0 Å². The first kappa shape index (κ1) is 14.0. The number of fused-ring (bicyclic) bond motifs is 1. The maximum Gasteiger partial charge on any atom is 0.194 e. The molecule has 1 nitrogen and oxygen atoms in total. The van der Waals surface area contributed by atoms with E-state index in [-0.39, 0.29) is 5.78 Å². The highest BCUT2D eigenvalue weighted by Crippen LogP contribution is 2.29. The van der Waals surface area contributed by atoms with E-state index in [1.165, 1.54) is 12.1 Å². The molecule has 3 aromatic carbocycles. The van der Waals surface area contributed by atoms with E-state index in [1.54, 1.807) is 12.1 Å². The molecular weight excluding hydrogens is 331 g/mol. The number of hydrogen-bond donors (Lipinski definition) is 0. The number of aryl methyl sites for hydroxylation is 1. The van der Waals surface area contributed by atoms with Gasteiger partial charge in [-0.1, -0.05) is 46.3 Å². The van der Waals surface area contributed by atoms with Gasteiger partial charge in [-0.15, -0.1) is 0 Å². The molecule has 0 saturated heterocycles. The molecule has 0 aliphatic rings. The van der Waals surface area contributed by atoms with Crippen molar-refractivity contribution >= 4 is 32.5 Å². The summed E-state index contributed by atoms with van der Waals surface area (Å²) in [7, 11) is 0. The van der Waals surface area contributed by atoms with Crippen molar-refractivity contribution in [3.63, 3.8) is 0 Å². The quantitative estimate of drug-likeness (QED) is 0.579. The van der Waals surface area contributed by atoms with Gasteiger partial charge in [-0.05, 0) is 47.5 Å². The minimum atomic E-state index is -0.398. The molecule has 0 aliphatic carbocycles. The lowest BCUT2D eigenvalue weighted by Crippen LogP contribution is -2.05. The molecule has 0 fully saturated rings. The number of hydrogen-bond acceptors (Lipinski definition) is 1. The smallest absolute Gasteiger partial charge is 0.194 e. The minimum absolute atomic E-state index is 0.157. The molecule has 0 spiro atoms. The van der Waals surface area contributed by atoms with Crippen LogP contribution in [0.4, 0.5) is 4.39 Å². The first-order chi connectivity index (χ1) is 10.1. The first-order valence-corrected chi connectivity index (χ1v) is 7.35. The zero-order valence-corrected chi connectivity index (χ0v) is 12.9. The Morgan fingerprint density at radius 3 is 2.43 bits per heavy atom. The molecule has 0 N–H and O–H groups in total. The van der Waals surface area contributed by atoms with Gasteiger partial charge in [0.05, 0.1) is 0 Å². The van der Waals surface area contributed by atoms with Crippen LogP contribution in [0.2, 0.25) is 0 Å². The second-order valence-electron chi connectivity index (χ2n) is 4.93. The number of halogens is 2. The van der Waals surface area contributed by atoms with Crippen LogP contribution in [-0.2, 0) is 0 Å². The highest BCUT2D eigenvalue weighted by Gasteiger charge is 2.16. The highest BCUT2D eigenvalue weighted by atomic mass is 79.9. The molecule has 0 heterocycles. The topological polar surface area (TPSA) is 17.1 Å². The molecule has 0 atom stereocenters. The van der Waals surface area contributed by atoms with E-state index in [2.05, 4.69) is 15.9 Å². The van der Waals surface area contributed by atoms with Gasteiger partial charge in [0, 0.05) is 15.6 Å². The molecule has 0 bridgehead atoms. The third kappa shape index (κ3) is 2.49. The van der Waals surface area contributed by atoms with Crippen LogP contribution in [0.3, 0.4) is 0 Å². The largest absolute Gasteiger partial charge is 0.289 e. The predicted octanol–water partition coefficient (Wildman–Crippen LogP) is 5.28. The number of rotatable bonds is 2. The summed E-state index contributed by atoms with van der Waals surface area (Å²) < 4.78 is 14.4. The molecule has 3 rings (SSSR count). The fourth-order valence-electron chi connectivity index (χ4n) is 2.44. The normalized spacial score (nSPS) is 10.8. The fraction of sp³-hybridized carbons (Fsp3) is 0.0556. The van der Waals surface area contributed by atoms with Crippen LogP contribution in [0, 0.1) is 12.7 Å². The fourth-order valence-corrected chi connectivity index (χ4v) is 2.92. The van der Waals surface area contributed by atoms with Crippen LogP contribution >= 0.6 is 15.9 Å². The summed E-state index contributed by atoms with van der Waals surface area (Å²) in [5, 5.41) is 1.83. The maximum atomic E-state index is 13.4. The summed E-state index contributed by atoms with van der Waals surface area (Å²) in [6.45, 7) is 1.81. The maximum absolute atomic E-state index is 13.4. The van der Waals surface area contributed by atoms with E-state index in [9.17, 15) is 9.18 Å². The van der Waals surface area contributed by atoms with Gasteiger partial charge in [0.25, 0.3) is 0 Å². The summed E-state index contributed by atoms with van der Waals surface area (Å²) in [6, 6.07) is 15.6. The summed E-state index contributed by atoms with van der Waals surface area (Å²) in [5.41, 5.74) is 1.76. The van der Waals surface area contributed by atoms with Crippen LogP contribution < -0.4 is 0 Å². The first-order valence-electron chi connectivity index (χ1n) is 6.56. The Hall–Kier alpha value is -2.00. The molecule has 0 aliphatic heterocycles. The lowest BCUT2D eigenvalue weighted by atomic mass is 9.95. The van der Waals surface area contributed by atoms with Crippen LogP contribution in [-0.4, -0.2) is 5.78 Å². The molecule has 0 amide bonds. The van der Waals surface area contributed by atoms with E-state index in [0.717, 1.165) is 20.8 Å². The summed E-state index contributed by atoms with van der Waals surface area (Å²) in [4.78, 5) is 12.8. The van der Waals surface area contributed by atoms with Gasteiger partial charge in [0.2, 0.25) is 0 Å². The Morgan fingerprint density at radius 1 is 0.952 bits per heavy atom. The average Bonchev–Trinajstić information content (AvgIpc) is 2.50. The summed E-state index contributed by atoms with van der Waals surface area (Å²) >= 11 is 3.49. The third-order valence-electron chi connectivity index (χ3n) is 3.56. The van der Waals surface area contributed by atoms with E-state index in [0.29, 0.717) is 11.1 Å². The second kappa shape index (κ2) is 5.41. The number of ketones is 1. The average molecular weight is 343 g/mol. The van der Waals surface area contributed by atoms with Crippen LogP contribution in [0.1, 0.15) is 21.5 Å². The van der Waals surface area contributed by atoms with Gasteiger partial charge in [0.1, 0.15) is 5.82 Å². The Morgan fingerprint density at radius 2 is 1.67 bits per heavy atom. The van der Waals surface area contributed by atoms with Crippen molar-refractivity contribution in [1.29, 1.82) is 0 Å². The Balaban J connectivity index is 2.23. The van der Waals surface area contributed by atoms with Crippen molar-refractivity contribution in [3.8, 4) is 0 Å². The standard InChI is InChI=1S/C18H12BrFO/c1-11-6-7-12(20)10-16(11)18(21)15-8-9-17(19)14-5-3-2-4-13(14)15/h2-10H,1H3. The second-order valence-corrected chi connectivity index (χ2v) is 5.78. The van der Waals surface area contributed by atoms with Crippen molar-refractivity contribution in [2.75, 3.05) is 0 Å². The Bertz CT molecular complexity index is 855. The zero-order chi connectivity index (χ0) is 15.0. The van der Waals surface area contributed by atoms with E-state index < -0.39 is 5.82 Å². The molecule has 0 unspecified atom stereocenters. The van der Waals surface area contributed by atoms with Crippen LogP contribution in [0.25, 0.3) is 10.8 Å². The van der Waals surface area contributed by atoms with Gasteiger partial charge in [0.15, 0.2) is 5.78 Å². The van der Waals surface area contributed by atoms with Gasteiger partial charge in [-0.3, -0.25) is 4.79 Å². The number of carbonyl (C=O) groups excluding carboxylic acids is 1. The zero-order valence-electron chi connectivity index (χ0n) is 11.4. The van der Waals surface area contributed by atoms with E-state index in [1.807, 2.05) is 37.3 Å². The van der Waals surface area contributed by atoms with Crippen molar-refractivity contribution in [2.45, 2.75) is 6.92 Å². The SMILES string of the molecule is Cc1ccc(F)cc1C(=O)c1ccc(Br)c2ccccc12. The molecule has 3 aromatic rings. The lowest BCUT2D eigenvalue weighted by molar-refractivity contribution is 0.103. The minimum Gasteiger partial charge on any atom is -0.289 e. The molecular formula is C18H12BrFO. The van der Waals surface area contributed by atoms with Crippen molar-refractivity contribution in [3.05, 3.63) is 81.6 Å². The van der Waals surface area contributed by atoms with Crippen molar-refractivity contribution < 1.29 is 9.18 Å². The summed E-state index contributed by atoms with van der Waals surface area (Å²) in [5.74, 6) is -0.555. The number of carbonyl (C=O) groups is 1. The number of benzene rings is 3. The van der Waals surface area contributed by atoms with Gasteiger partial charge >= 0.3 is 0 Å². The van der Waals surface area contributed by atoms with Gasteiger partial charge in [-0.2, -0.15) is 0 Å². The molecule has 0 radical (unpaired) electrons. The molecule has 0 saturated carbocycles. The summed E-state index contributed by atoms with van der Waals surface area (Å²) in [6.07, 6.45) is 0. The molecule has 3 heteroatoms.